The van der Waals surface area contributed by atoms with Gasteiger partial charge in [0.2, 0.25) is 0 Å². The number of nitrogens with one attached hydrogen (secondary N) is 1. The van der Waals surface area contributed by atoms with E-state index in [1.165, 1.54) is 76.5 Å². The molecule has 1 N–H and O–H groups in total. The number of rotatable bonds is 11. The molecule has 0 saturated carbocycles. The first-order chi connectivity index (χ1) is 8.43. The van der Waals surface area contributed by atoms with Crippen molar-refractivity contribution in [1.29, 1.82) is 0 Å². The van der Waals surface area contributed by atoms with Gasteiger partial charge in [0.15, 0.2) is 0 Å². The predicted molar refractivity (Wildman–Crippen MR) is 76.8 cm³/mol. The van der Waals surface area contributed by atoms with Crippen molar-refractivity contribution in [1.82, 2.24) is 5.32 Å². The molecule has 0 aromatic carbocycles. The van der Waals surface area contributed by atoms with E-state index in [0.717, 1.165) is 13.1 Å². The van der Waals surface area contributed by atoms with Gasteiger partial charge in [-0.3, -0.25) is 4.99 Å². The largest absolute Gasteiger partial charge is 0.372 e. The van der Waals surface area contributed by atoms with E-state index in [1.807, 2.05) is 0 Å². The summed E-state index contributed by atoms with van der Waals surface area (Å²) in [6.07, 6.45) is 15.3. The van der Waals surface area contributed by atoms with Crippen LogP contribution in [0.4, 0.5) is 0 Å². The van der Waals surface area contributed by atoms with Crippen LogP contribution in [0.25, 0.3) is 0 Å². The Kier molecular flexibility index (Phi) is 9.07. The Morgan fingerprint density at radius 2 is 1.47 bits per heavy atom. The molecule has 0 bridgehead atoms. The third kappa shape index (κ3) is 8.23. The molecule has 0 fully saturated rings. The SMILES string of the molecule is CCCCCCCCCCCCC1=NCCN1. The molecule has 0 aromatic heterocycles. The van der Waals surface area contributed by atoms with E-state index in [2.05, 4.69) is 17.2 Å². The van der Waals surface area contributed by atoms with Crippen LogP contribution in [0.2, 0.25) is 0 Å². The van der Waals surface area contributed by atoms with Gasteiger partial charge < -0.3 is 5.32 Å². The zero-order valence-corrected chi connectivity index (χ0v) is 11.6. The molecule has 0 aromatic rings. The van der Waals surface area contributed by atoms with Crippen LogP contribution in [0.5, 0.6) is 0 Å². The zero-order chi connectivity index (χ0) is 12.2. The van der Waals surface area contributed by atoms with E-state index >= 15 is 0 Å². The van der Waals surface area contributed by atoms with Crippen LogP contribution >= 0.6 is 0 Å². The Bertz CT molecular complexity index is 199. The van der Waals surface area contributed by atoms with E-state index in [-0.39, 0.29) is 0 Å². The van der Waals surface area contributed by atoms with Crippen LogP contribution in [0.3, 0.4) is 0 Å². The van der Waals surface area contributed by atoms with Gasteiger partial charge in [-0.15, -0.1) is 0 Å². The Labute approximate surface area is 107 Å². The molecule has 2 nitrogen and oxygen atoms in total. The van der Waals surface area contributed by atoms with E-state index in [1.54, 1.807) is 0 Å². The van der Waals surface area contributed by atoms with Gasteiger partial charge in [0, 0.05) is 13.0 Å². The third-order valence-electron chi connectivity index (χ3n) is 3.51. The summed E-state index contributed by atoms with van der Waals surface area (Å²) in [6, 6.07) is 0. The maximum atomic E-state index is 4.42. The molecule has 1 aliphatic heterocycles. The van der Waals surface area contributed by atoms with Gasteiger partial charge in [0.25, 0.3) is 0 Å². The summed E-state index contributed by atoms with van der Waals surface area (Å²) in [5, 5.41) is 3.34. The van der Waals surface area contributed by atoms with E-state index < -0.39 is 0 Å². The second kappa shape index (κ2) is 10.6. The van der Waals surface area contributed by atoms with Crippen molar-refractivity contribution in [2.24, 2.45) is 4.99 Å². The summed E-state index contributed by atoms with van der Waals surface area (Å²) >= 11 is 0. The maximum absolute atomic E-state index is 4.42. The third-order valence-corrected chi connectivity index (χ3v) is 3.51. The first-order valence-electron chi connectivity index (χ1n) is 7.70. The number of hydrogen-bond acceptors (Lipinski definition) is 2. The highest BCUT2D eigenvalue weighted by Crippen LogP contribution is 2.11. The van der Waals surface area contributed by atoms with Crippen molar-refractivity contribution < 1.29 is 0 Å². The second-order valence-electron chi connectivity index (χ2n) is 5.19. The summed E-state index contributed by atoms with van der Waals surface area (Å²) < 4.78 is 0. The first-order valence-corrected chi connectivity index (χ1v) is 7.70. The van der Waals surface area contributed by atoms with Gasteiger partial charge in [0.05, 0.1) is 12.4 Å². The van der Waals surface area contributed by atoms with Crippen molar-refractivity contribution >= 4 is 5.84 Å². The van der Waals surface area contributed by atoms with Gasteiger partial charge in [-0.25, -0.2) is 0 Å². The Morgan fingerprint density at radius 1 is 0.882 bits per heavy atom. The summed E-state index contributed by atoms with van der Waals surface area (Å²) in [4.78, 5) is 4.42. The molecule has 1 heterocycles. The number of amidine groups is 1. The van der Waals surface area contributed by atoms with Crippen LogP contribution in [0.15, 0.2) is 4.99 Å². The first kappa shape index (κ1) is 14.5. The Balaban J connectivity index is 1.72. The lowest BCUT2D eigenvalue weighted by molar-refractivity contribution is 0.558. The van der Waals surface area contributed by atoms with E-state index in [4.69, 9.17) is 0 Å². The van der Waals surface area contributed by atoms with Crippen molar-refractivity contribution in [3.8, 4) is 0 Å². The lowest BCUT2D eigenvalue weighted by Gasteiger charge is -2.03. The van der Waals surface area contributed by atoms with Crippen molar-refractivity contribution in [2.45, 2.75) is 77.6 Å². The molecule has 17 heavy (non-hydrogen) atoms. The predicted octanol–water partition coefficient (Wildman–Crippen LogP) is 4.30. The van der Waals surface area contributed by atoms with Gasteiger partial charge >= 0.3 is 0 Å². The topological polar surface area (TPSA) is 24.4 Å². The minimum absolute atomic E-state index is 0.993. The van der Waals surface area contributed by atoms with Gasteiger partial charge in [-0.2, -0.15) is 0 Å². The number of unbranched alkanes of at least 4 members (excludes halogenated alkanes) is 9. The molecule has 1 aliphatic rings. The second-order valence-corrected chi connectivity index (χ2v) is 5.19. The fourth-order valence-corrected chi connectivity index (χ4v) is 2.39. The fraction of sp³-hybridized carbons (Fsp3) is 0.933. The van der Waals surface area contributed by atoms with Crippen molar-refractivity contribution in [2.75, 3.05) is 13.1 Å². The number of hydrogen-bond donors (Lipinski definition) is 1. The molecule has 0 atom stereocenters. The highest BCUT2D eigenvalue weighted by atomic mass is 15.1. The lowest BCUT2D eigenvalue weighted by Crippen LogP contribution is -2.17. The monoisotopic (exact) mass is 238 g/mol. The Hall–Kier alpha value is -0.530. The summed E-state index contributed by atoms with van der Waals surface area (Å²) in [5.41, 5.74) is 0. The molecule has 0 radical (unpaired) electrons. The van der Waals surface area contributed by atoms with Crippen LogP contribution in [-0.4, -0.2) is 18.9 Å². The van der Waals surface area contributed by atoms with Gasteiger partial charge in [0.1, 0.15) is 0 Å². The smallest absolute Gasteiger partial charge is 0.0964 e. The highest BCUT2D eigenvalue weighted by Gasteiger charge is 2.03. The van der Waals surface area contributed by atoms with E-state index in [9.17, 15) is 0 Å². The summed E-state index contributed by atoms with van der Waals surface area (Å²) in [7, 11) is 0. The normalized spacial score (nSPS) is 14.8. The molecule has 0 amide bonds. The van der Waals surface area contributed by atoms with Crippen LogP contribution in [-0.2, 0) is 0 Å². The maximum Gasteiger partial charge on any atom is 0.0964 e. The molecule has 0 saturated heterocycles. The van der Waals surface area contributed by atoms with E-state index in [0.29, 0.717) is 0 Å². The molecule has 100 valence electrons. The van der Waals surface area contributed by atoms with Crippen molar-refractivity contribution in [3.05, 3.63) is 0 Å². The van der Waals surface area contributed by atoms with Crippen molar-refractivity contribution in [3.63, 3.8) is 0 Å². The molecule has 0 unspecified atom stereocenters. The number of nitrogens with zero attached hydrogens (tertiary/aromatic N) is 1. The van der Waals surface area contributed by atoms with Crippen LogP contribution in [0, 0.1) is 0 Å². The molecule has 0 spiro atoms. The molecule has 0 aliphatic carbocycles. The molecular formula is C15H30N2. The highest BCUT2D eigenvalue weighted by molar-refractivity contribution is 5.83. The molecular weight excluding hydrogens is 208 g/mol. The standard InChI is InChI=1S/C15H30N2/c1-2-3-4-5-6-7-8-9-10-11-12-15-16-13-14-17-15/h2-14H2,1H3,(H,16,17). The molecule has 2 heteroatoms. The number of aliphatic imine (C=N–C) groups is 1. The quantitative estimate of drug-likeness (QED) is 0.533. The zero-order valence-electron chi connectivity index (χ0n) is 11.6. The minimum atomic E-state index is 0.993. The fourth-order valence-electron chi connectivity index (χ4n) is 2.39. The summed E-state index contributed by atoms with van der Waals surface area (Å²) in [6.45, 7) is 4.34. The van der Waals surface area contributed by atoms with Gasteiger partial charge in [-0.05, 0) is 6.42 Å². The molecule has 1 rings (SSSR count). The average Bonchev–Trinajstić information content (AvgIpc) is 2.85. The van der Waals surface area contributed by atoms with Gasteiger partial charge in [-0.1, -0.05) is 64.7 Å². The Morgan fingerprint density at radius 3 is 2.00 bits per heavy atom. The minimum Gasteiger partial charge on any atom is -0.372 e. The average molecular weight is 238 g/mol. The van der Waals surface area contributed by atoms with Crippen LogP contribution < -0.4 is 5.32 Å². The van der Waals surface area contributed by atoms with Crippen LogP contribution in [0.1, 0.15) is 77.6 Å². The summed E-state index contributed by atoms with van der Waals surface area (Å²) in [5.74, 6) is 1.25. The lowest BCUT2D eigenvalue weighted by atomic mass is 10.1.